The summed E-state index contributed by atoms with van der Waals surface area (Å²) in [4.78, 5) is 6.16. The zero-order chi connectivity index (χ0) is 10.1. The molecule has 0 N–H and O–H groups in total. The second-order valence-electron chi connectivity index (χ2n) is 3.28. The SMILES string of the molecule is CN(C)C(=S)n1cnc2ccccc21. The molecule has 1 aromatic heterocycles. The fraction of sp³-hybridized carbons (Fsp3) is 0.200. The van der Waals surface area contributed by atoms with Gasteiger partial charge in [0.15, 0.2) is 5.11 Å². The highest BCUT2D eigenvalue weighted by molar-refractivity contribution is 7.80. The van der Waals surface area contributed by atoms with Crippen LogP contribution in [0.5, 0.6) is 0 Å². The van der Waals surface area contributed by atoms with Crippen molar-refractivity contribution in [1.82, 2.24) is 14.5 Å². The zero-order valence-corrected chi connectivity index (χ0v) is 8.95. The minimum atomic E-state index is 0.749. The molecule has 0 bridgehead atoms. The van der Waals surface area contributed by atoms with Crippen LogP contribution >= 0.6 is 12.2 Å². The van der Waals surface area contributed by atoms with Gasteiger partial charge in [-0.3, -0.25) is 4.57 Å². The summed E-state index contributed by atoms with van der Waals surface area (Å²) in [5.41, 5.74) is 2.02. The van der Waals surface area contributed by atoms with E-state index >= 15 is 0 Å². The van der Waals surface area contributed by atoms with E-state index in [9.17, 15) is 0 Å². The normalized spacial score (nSPS) is 10.4. The third kappa shape index (κ3) is 1.37. The Morgan fingerprint density at radius 3 is 2.79 bits per heavy atom. The van der Waals surface area contributed by atoms with Gasteiger partial charge in [-0.05, 0) is 24.4 Å². The summed E-state index contributed by atoms with van der Waals surface area (Å²) in [6.45, 7) is 0. The van der Waals surface area contributed by atoms with E-state index < -0.39 is 0 Å². The minimum Gasteiger partial charge on any atom is -0.355 e. The third-order valence-corrected chi connectivity index (χ3v) is 2.60. The molecule has 0 fully saturated rings. The van der Waals surface area contributed by atoms with Crippen molar-refractivity contribution < 1.29 is 0 Å². The Hall–Kier alpha value is -1.42. The molecule has 14 heavy (non-hydrogen) atoms. The maximum Gasteiger partial charge on any atom is 0.181 e. The first kappa shape index (κ1) is 9.15. The van der Waals surface area contributed by atoms with Crippen LogP contribution in [0.1, 0.15) is 0 Å². The molecule has 0 atom stereocenters. The topological polar surface area (TPSA) is 21.1 Å². The van der Waals surface area contributed by atoms with Gasteiger partial charge < -0.3 is 4.90 Å². The fourth-order valence-electron chi connectivity index (χ4n) is 1.33. The lowest BCUT2D eigenvalue weighted by Crippen LogP contribution is -2.26. The maximum atomic E-state index is 5.27. The van der Waals surface area contributed by atoms with Crippen LogP contribution in [-0.4, -0.2) is 33.7 Å². The first-order valence-corrected chi connectivity index (χ1v) is 4.74. The van der Waals surface area contributed by atoms with Crippen LogP contribution in [-0.2, 0) is 0 Å². The molecule has 3 nitrogen and oxygen atoms in total. The Morgan fingerprint density at radius 2 is 2.07 bits per heavy atom. The molecule has 0 spiro atoms. The van der Waals surface area contributed by atoms with Crippen molar-refractivity contribution in [1.29, 1.82) is 0 Å². The van der Waals surface area contributed by atoms with Crippen LogP contribution in [0.15, 0.2) is 30.6 Å². The van der Waals surface area contributed by atoms with Gasteiger partial charge in [-0.2, -0.15) is 0 Å². The largest absolute Gasteiger partial charge is 0.355 e. The predicted molar refractivity (Wildman–Crippen MR) is 61.4 cm³/mol. The maximum absolute atomic E-state index is 5.27. The van der Waals surface area contributed by atoms with Gasteiger partial charge in [0.1, 0.15) is 6.33 Å². The summed E-state index contributed by atoms with van der Waals surface area (Å²) in [6.07, 6.45) is 1.76. The molecule has 0 saturated heterocycles. The first-order chi connectivity index (χ1) is 6.70. The highest BCUT2D eigenvalue weighted by Crippen LogP contribution is 2.12. The van der Waals surface area contributed by atoms with E-state index in [-0.39, 0.29) is 0 Å². The van der Waals surface area contributed by atoms with Crippen LogP contribution in [0.2, 0.25) is 0 Å². The molecular weight excluding hydrogens is 194 g/mol. The van der Waals surface area contributed by atoms with Crippen molar-refractivity contribution in [3.8, 4) is 0 Å². The Kier molecular flexibility index (Phi) is 2.21. The summed E-state index contributed by atoms with van der Waals surface area (Å²) in [7, 11) is 3.86. The zero-order valence-electron chi connectivity index (χ0n) is 8.14. The van der Waals surface area contributed by atoms with Crippen LogP contribution in [0.4, 0.5) is 0 Å². The Morgan fingerprint density at radius 1 is 1.36 bits per heavy atom. The van der Waals surface area contributed by atoms with E-state index in [1.165, 1.54) is 0 Å². The molecule has 72 valence electrons. The van der Waals surface area contributed by atoms with Crippen LogP contribution in [0, 0.1) is 0 Å². The average molecular weight is 205 g/mol. The number of hydrogen-bond acceptors (Lipinski definition) is 2. The van der Waals surface area contributed by atoms with Crippen molar-refractivity contribution in [2.45, 2.75) is 0 Å². The number of fused-ring (bicyclic) bond motifs is 1. The molecule has 0 unspecified atom stereocenters. The Balaban J connectivity index is 2.58. The van der Waals surface area contributed by atoms with E-state index in [2.05, 4.69) is 4.98 Å². The standard InChI is InChI=1S/C10H11N3S/c1-12(2)10(14)13-7-11-8-5-3-4-6-9(8)13/h3-7H,1-2H3. The van der Waals surface area contributed by atoms with Gasteiger partial charge in [-0.25, -0.2) is 4.98 Å². The van der Waals surface area contributed by atoms with Gasteiger partial charge in [0.05, 0.1) is 11.0 Å². The summed E-state index contributed by atoms with van der Waals surface area (Å²) >= 11 is 5.27. The quantitative estimate of drug-likeness (QED) is 0.611. The molecule has 0 aliphatic carbocycles. The van der Waals surface area contributed by atoms with Gasteiger partial charge in [0, 0.05) is 14.1 Å². The molecule has 2 aromatic rings. The second kappa shape index (κ2) is 3.38. The monoisotopic (exact) mass is 205 g/mol. The van der Waals surface area contributed by atoms with Crippen LogP contribution < -0.4 is 0 Å². The number of thiocarbonyl (C=S) groups is 1. The molecule has 2 rings (SSSR count). The molecule has 4 heteroatoms. The summed E-state index contributed by atoms with van der Waals surface area (Å²) in [5.74, 6) is 0. The first-order valence-electron chi connectivity index (χ1n) is 4.34. The lowest BCUT2D eigenvalue weighted by atomic mass is 10.3. The molecule has 0 radical (unpaired) electrons. The Bertz CT molecular complexity index is 473. The van der Waals surface area contributed by atoms with Gasteiger partial charge >= 0.3 is 0 Å². The predicted octanol–water partition coefficient (Wildman–Crippen LogP) is 1.73. The van der Waals surface area contributed by atoms with Gasteiger partial charge in [0.25, 0.3) is 0 Å². The molecule has 0 aliphatic heterocycles. The molecule has 0 saturated carbocycles. The van der Waals surface area contributed by atoms with Gasteiger partial charge in [0.2, 0.25) is 0 Å². The molecule has 1 aromatic carbocycles. The lowest BCUT2D eigenvalue weighted by molar-refractivity contribution is 0.613. The molecule has 0 amide bonds. The average Bonchev–Trinajstić information content (AvgIpc) is 2.60. The van der Waals surface area contributed by atoms with Gasteiger partial charge in [-0.1, -0.05) is 12.1 Å². The number of benzene rings is 1. The highest BCUT2D eigenvalue weighted by Gasteiger charge is 2.06. The van der Waals surface area contributed by atoms with Gasteiger partial charge in [-0.15, -0.1) is 0 Å². The van der Waals surface area contributed by atoms with E-state index in [4.69, 9.17) is 12.2 Å². The summed E-state index contributed by atoms with van der Waals surface area (Å²) in [5, 5.41) is 0.749. The van der Waals surface area contributed by atoms with E-state index in [1.807, 2.05) is 47.8 Å². The highest BCUT2D eigenvalue weighted by atomic mass is 32.1. The van der Waals surface area contributed by atoms with Crippen molar-refractivity contribution in [3.63, 3.8) is 0 Å². The number of nitrogens with zero attached hydrogens (tertiary/aromatic N) is 3. The second-order valence-corrected chi connectivity index (χ2v) is 3.65. The third-order valence-electron chi connectivity index (χ3n) is 2.04. The molecular formula is C10H11N3S. The van der Waals surface area contributed by atoms with E-state index in [1.54, 1.807) is 6.33 Å². The number of imidazole rings is 1. The minimum absolute atomic E-state index is 0.749. The number of rotatable bonds is 0. The van der Waals surface area contributed by atoms with Crippen molar-refractivity contribution in [3.05, 3.63) is 30.6 Å². The van der Waals surface area contributed by atoms with Crippen LogP contribution in [0.3, 0.4) is 0 Å². The number of para-hydroxylation sites is 2. The lowest BCUT2D eigenvalue weighted by Gasteiger charge is -2.14. The van der Waals surface area contributed by atoms with Crippen LogP contribution in [0.25, 0.3) is 11.0 Å². The Labute approximate surface area is 88.0 Å². The van der Waals surface area contributed by atoms with E-state index in [0.29, 0.717) is 0 Å². The summed E-state index contributed by atoms with van der Waals surface area (Å²) < 4.78 is 1.91. The smallest absolute Gasteiger partial charge is 0.181 e. The number of hydrogen-bond donors (Lipinski definition) is 0. The van der Waals surface area contributed by atoms with Crippen molar-refractivity contribution in [2.75, 3.05) is 14.1 Å². The summed E-state index contributed by atoms with van der Waals surface area (Å²) in [6, 6.07) is 7.94. The molecule has 1 heterocycles. The van der Waals surface area contributed by atoms with E-state index in [0.717, 1.165) is 16.1 Å². The van der Waals surface area contributed by atoms with Crippen molar-refractivity contribution in [2.24, 2.45) is 0 Å². The fourth-order valence-corrected chi connectivity index (χ4v) is 1.47. The number of aromatic nitrogens is 2. The molecule has 0 aliphatic rings. The van der Waals surface area contributed by atoms with Crippen molar-refractivity contribution >= 4 is 28.4 Å².